The predicted octanol–water partition coefficient (Wildman–Crippen LogP) is -3.46. The van der Waals surface area contributed by atoms with Crippen LogP contribution in [0.2, 0.25) is 0 Å². The number of hydrogen-bond acceptors (Lipinski definition) is 5. The summed E-state index contributed by atoms with van der Waals surface area (Å²) in [5.41, 5.74) is 0. The van der Waals surface area contributed by atoms with Gasteiger partial charge in [0.1, 0.15) is 0 Å². The van der Waals surface area contributed by atoms with Gasteiger partial charge in [0.05, 0.1) is 0 Å². The summed E-state index contributed by atoms with van der Waals surface area (Å²) in [6, 6.07) is 5.72. The number of pyridine rings is 1. The van der Waals surface area contributed by atoms with Crippen LogP contribution < -0.4 is 55.6 Å². The first-order valence-corrected chi connectivity index (χ1v) is 4.39. The Morgan fingerprint density at radius 2 is 1.33 bits per heavy atom. The predicted molar refractivity (Wildman–Crippen MR) is 26.3 cm³/mol. The van der Waals surface area contributed by atoms with Crippen molar-refractivity contribution in [3.8, 4) is 0 Å². The zero-order valence-corrected chi connectivity index (χ0v) is 10.6. The van der Waals surface area contributed by atoms with Crippen molar-refractivity contribution in [2.45, 2.75) is 0 Å². The van der Waals surface area contributed by atoms with Crippen LogP contribution in [0.4, 0.5) is 0 Å². The van der Waals surface area contributed by atoms with Crippen molar-refractivity contribution in [1.82, 2.24) is 4.98 Å². The van der Waals surface area contributed by atoms with E-state index < -0.39 is 13.0 Å². The second-order valence-electron chi connectivity index (χ2n) is 1.40. The molecule has 1 aromatic rings. The first-order valence-electron chi connectivity index (χ1n) is 2.47. The van der Waals surface area contributed by atoms with Gasteiger partial charge in [-0.05, 0) is 12.1 Å². The number of aromatic nitrogens is 1. The molecule has 12 heavy (non-hydrogen) atoms. The fourth-order valence-corrected chi connectivity index (χ4v) is 0.313. The summed E-state index contributed by atoms with van der Waals surface area (Å²) in [5, 5.41) is 0. The molecule has 0 N–H and O–H groups in total. The van der Waals surface area contributed by atoms with Crippen LogP contribution >= 0.6 is 0 Å². The third-order valence-corrected chi connectivity index (χ3v) is 0.566. The molecular formula is C5H5KMnNO4. The Kier molecular flexibility index (Phi) is 10.4. The summed E-state index contributed by atoms with van der Waals surface area (Å²) in [7, 11) is 0. The van der Waals surface area contributed by atoms with Crippen LogP contribution in [0.3, 0.4) is 0 Å². The van der Waals surface area contributed by atoms with E-state index >= 15 is 0 Å². The maximum atomic E-state index is 8.58. The second kappa shape index (κ2) is 8.27. The molecule has 5 nitrogen and oxygen atoms in total. The Morgan fingerprint density at radius 3 is 1.42 bits per heavy atom. The van der Waals surface area contributed by atoms with Crippen molar-refractivity contribution >= 4 is 0 Å². The fraction of sp³-hybridized carbons (Fsp3) is 0. The van der Waals surface area contributed by atoms with Gasteiger partial charge in [-0.15, -0.1) is 0 Å². The fourth-order valence-electron chi connectivity index (χ4n) is 0.313. The second-order valence-corrected chi connectivity index (χ2v) is 2.58. The third kappa shape index (κ3) is 22.4. The maximum Gasteiger partial charge on any atom is 0.0267 e. The van der Waals surface area contributed by atoms with Crippen LogP contribution in [0.15, 0.2) is 30.6 Å². The van der Waals surface area contributed by atoms with Gasteiger partial charge in [0.2, 0.25) is 0 Å². The van der Waals surface area contributed by atoms with Gasteiger partial charge in [0.25, 0.3) is 0 Å². The van der Waals surface area contributed by atoms with E-state index in [0.29, 0.717) is 0 Å². The van der Waals surface area contributed by atoms with Crippen molar-refractivity contribution in [3.05, 3.63) is 30.6 Å². The monoisotopic (exact) mass is 237 g/mol. The molecule has 0 radical (unpaired) electrons. The Hall–Kier alpha value is 0.666. The third-order valence-electron chi connectivity index (χ3n) is 0.566. The average Bonchev–Trinajstić information content (AvgIpc) is 1.88. The molecule has 62 valence electrons. The minimum atomic E-state index is -5.62. The Morgan fingerprint density at radius 1 is 1.00 bits per heavy atom. The van der Waals surface area contributed by atoms with Crippen LogP contribution in [0.1, 0.15) is 0 Å². The summed E-state index contributed by atoms with van der Waals surface area (Å²) >= 11 is -5.62. The topological polar surface area (TPSA) is 87.2 Å². The van der Waals surface area contributed by atoms with E-state index in [0.717, 1.165) is 0 Å². The van der Waals surface area contributed by atoms with Crippen molar-refractivity contribution in [2.24, 2.45) is 0 Å². The zero-order chi connectivity index (χ0) is 8.74. The molecule has 0 aliphatic heterocycles. The molecule has 0 aliphatic carbocycles. The summed E-state index contributed by atoms with van der Waals surface area (Å²) in [6.45, 7) is 0. The molecule has 1 heterocycles. The van der Waals surface area contributed by atoms with Crippen molar-refractivity contribution in [3.63, 3.8) is 0 Å². The van der Waals surface area contributed by atoms with Gasteiger partial charge in [-0.2, -0.15) is 0 Å². The minimum Gasteiger partial charge on any atom is -0.265 e. The Bertz CT molecular complexity index is 289. The smallest absolute Gasteiger partial charge is 0.0267 e. The van der Waals surface area contributed by atoms with E-state index in [1.165, 1.54) is 0 Å². The van der Waals surface area contributed by atoms with Crippen LogP contribution in [-0.4, -0.2) is 4.98 Å². The van der Waals surface area contributed by atoms with E-state index in [-0.39, 0.29) is 51.4 Å². The summed E-state index contributed by atoms with van der Waals surface area (Å²) in [6.07, 6.45) is 3.50. The van der Waals surface area contributed by atoms with Gasteiger partial charge in [-0.3, -0.25) is 4.98 Å². The van der Waals surface area contributed by atoms with Gasteiger partial charge < -0.3 is 0 Å². The number of nitrogens with zero attached hydrogens (tertiary/aromatic N) is 1. The molecular weight excluding hydrogens is 232 g/mol. The van der Waals surface area contributed by atoms with E-state index in [1.807, 2.05) is 18.2 Å². The van der Waals surface area contributed by atoms with Gasteiger partial charge in [-0.1, -0.05) is 6.07 Å². The molecule has 0 unspecified atom stereocenters. The molecule has 0 aromatic carbocycles. The van der Waals surface area contributed by atoms with Gasteiger partial charge in [-0.25, -0.2) is 0 Å². The van der Waals surface area contributed by atoms with Crippen molar-refractivity contribution < 1.29 is 80.0 Å². The average molecular weight is 237 g/mol. The van der Waals surface area contributed by atoms with Crippen molar-refractivity contribution in [1.29, 1.82) is 0 Å². The van der Waals surface area contributed by atoms with E-state index in [4.69, 9.17) is 15.7 Å². The molecule has 0 saturated carbocycles. The molecule has 0 saturated heterocycles. The quantitative estimate of drug-likeness (QED) is 0.438. The van der Waals surface area contributed by atoms with Gasteiger partial charge >= 0.3 is 80.0 Å². The van der Waals surface area contributed by atoms with Crippen LogP contribution in [0, 0.1) is 0 Å². The molecule has 7 heteroatoms. The zero-order valence-electron chi connectivity index (χ0n) is 6.34. The van der Waals surface area contributed by atoms with Crippen LogP contribution in [0.25, 0.3) is 0 Å². The molecule has 1 rings (SSSR count). The molecule has 0 amide bonds. The first kappa shape index (κ1) is 15.2. The first-order chi connectivity index (χ1) is 5.00. The largest absolute Gasteiger partial charge is 0.265 e. The SMILES string of the molecule is [K+].[O]=[Mn](=[O])(=[O])[O-].c1ccncc1. The summed E-state index contributed by atoms with van der Waals surface area (Å²) < 4.78 is 34.3. The maximum absolute atomic E-state index is 8.58. The molecule has 0 aliphatic rings. The molecule has 0 spiro atoms. The van der Waals surface area contributed by atoms with E-state index in [9.17, 15) is 0 Å². The van der Waals surface area contributed by atoms with Crippen LogP contribution in [0.5, 0.6) is 0 Å². The van der Waals surface area contributed by atoms with E-state index in [2.05, 4.69) is 4.98 Å². The minimum absolute atomic E-state index is 0. The summed E-state index contributed by atoms with van der Waals surface area (Å²) in [4.78, 5) is 3.78. The number of rotatable bonds is 0. The standard InChI is InChI=1S/C5H5N.K.Mn.4O/c1-2-4-6-5-3-1;;;;;;/h1-5H;;;;;;/q;+1;;;;;-1. The molecule has 1 aromatic heterocycles. The van der Waals surface area contributed by atoms with Crippen molar-refractivity contribution in [2.75, 3.05) is 0 Å². The Labute approximate surface area is 114 Å². The Balaban J connectivity index is 0. The number of hydrogen-bond donors (Lipinski definition) is 0. The van der Waals surface area contributed by atoms with Gasteiger partial charge in [0, 0.05) is 12.4 Å². The molecule has 0 atom stereocenters. The van der Waals surface area contributed by atoms with Crippen LogP contribution in [-0.2, 0) is 24.5 Å². The normalized spacial score (nSPS) is 8.75. The van der Waals surface area contributed by atoms with E-state index in [1.54, 1.807) is 12.4 Å². The molecule has 0 bridgehead atoms. The van der Waals surface area contributed by atoms with Gasteiger partial charge in [0.15, 0.2) is 0 Å². The molecule has 0 fully saturated rings. The summed E-state index contributed by atoms with van der Waals surface area (Å²) in [5.74, 6) is 0.